The molecule has 5 fully saturated rings. The van der Waals surface area contributed by atoms with E-state index in [1.54, 1.807) is 24.8 Å². The Morgan fingerprint density at radius 1 is 0.869 bits per heavy atom. The monoisotopic (exact) mass is 848 g/mol. The van der Waals surface area contributed by atoms with Gasteiger partial charge in [0.15, 0.2) is 0 Å². The summed E-state index contributed by atoms with van der Waals surface area (Å²) < 4.78 is 2.02. The summed E-state index contributed by atoms with van der Waals surface area (Å²) in [5.74, 6) is 0.455. The number of aromatic nitrogens is 5. The molecule has 0 bridgehead atoms. The van der Waals surface area contributed by atoms with E-state index in [-0.39, 0.29) is 23.6 Å². The zero-order valence-corrected chi connectivity index (χ0v) is 35.3. The molecule has 0 saturated carbocycles. The smallest absolute Gasteiger partial charge is 0.249 e. The molecular formula is C44H53ClN12O4. The van der Waals surface area contributed by atoms with E-state index in [4.69, 9.17) is 16.6 Å². The third kappa shape index (κ3) is 8.92. The average molecular weight is 849 g/mol. The topological polar surface area (TPSA) is 174 Å². The number of nitrogens with one attached hydrogen (secondary N) is 3. The molecule has 5 aliphatic heterocycles. The highest BCUT2D eigenvalue weighted by molar-refractivity contribution is 6.32. The van der Waals surface area contributed by atoms with Crippen LogP contribution in [0.5, 0.6) is 0 Å². The van der Waals surface area contributed by atoms with Crippen LogP contribution in [0.25, 0.3) is 11.3 Å². The maximum Gasteiger partial charge on any atom is 0.249 e. The fraction of sp³-hybridized carbons (Fsp3) is 0.500. The number of imide groups is 1. The van der Waals surface area contributed by atoms with E-state index in [0.717, 1.165) is 75.2 Å². The number of nitrogens with zero attached hydrogens (tertiary/aromatic N) is 9. The second-order valence-electron chi connectivity index (χ2n) is 17.4. The van der Waals surface area contributed by atoms with Crippen molar-refractivity contribution in [1.29, 1.82) is 0 Å². The highest BCUT2D eigenvalue weighted by Crippen LogP contribution is 2.44. The second-order valence-corrected chi connectivity index (χ2v) is 17.8. The maximum absolute atomic E-state index is 14.1. The molecule has 1 unspecified atom stereocenters. The van der Waals surface area contributed by atoms with Gasteiger partial charge in [0.25, 0.3) is 0 Å². The van der Waals surface area contributed by atoms with Crippen molar-refractivity contribution in [3.8, 4) is 11.3 Å². The predicted molar refractivity (Wildman–Crippen MR) is 233 cm³/mol. The van der Waals surface area contributed by atoms with Crippen molar-refractivity contribution in [3.05, 3.63) is 66.3 Å². The second kappa shape index (κ2) is 17.4. The van der Waals surface area contributed by atoms with E-state index >= 15 is 0 Å². The van der Waals surface area contributed by atoms with Crippen molar-refractivity contribution in [2.45, 2.75) is 76.3 Å². The molecule has 8 heterocycles. The van der Waals surface area contributed by atoms with E-state index in [0.29, 0.717) is 91.7 Å². The Bertz CT molecular complexity index is 2260. The van der Waals surface area contributed by atoms with Crippen LogP contribution in [0.4, 0.5) is 28.7 Å². The van der Waals surface area contributed by atoms with Crippen LogP contribution in [-0.2, 0) is 19.2 Å². The molecule has 1 aromatic carbocycles. The number of halogens is 1. The lowest BCUT2D eigenvalue weighted by Crippen LogP contribution is -2.47. The summed E-state index contributed by atoms with van der Waals surface area (Å²) in [6, 6.07) is 9.89. The molecular weight excluding hydrogens is 796 g/mol. The lowest BCUT2D eigenvalue weighted by molar-refractivity contribution is -0.138. The quantitative estimate of drug-likeness (QED) is 0.177. The molecule has 1 atom stereocenters. The van der Waals surface area contributed by atoms with Crippen LogP contribution in [-0.4, -0.2) is 117 Å². The first-order valence-electron chi connectivity index (χ1n) is 21.6. The number of pyridine rings is 1. The van der Waals surface area contributed by atoms with Crippen LogP contribution in [0, 0.1) is 11.3 Å². The summed E-state index contributed by atoms with van der Waals surface area (Å²) in [4.78, 5) is 73.3. The molecule has 320 valence electrons. The number of piperidine rings is 4. The standard InChI is InChI=1S/C44H53ClN12O4/c1-53-15-10-34(11-16-53)57-28-30(24-48-57)40-36(45)27-47-43(52-40)50-32-23-35(26-46-25-32)56-21-14-44(42(56)61)12-19-55(20-13-44)39(59)22-29-8-17-54(18-9-29)33-4-2-31(3-5-33)49-37-6-7-38(58)51-41(37)60/h2-5,23-29,34,37,49H,6-22H2,1H3,(H,47,50,52)(H,51,58,60). The van der Waals surface area contributed by atoms with Crippen molar-refractivity contribution in [1.82, 2.24) is 39.8 Å². The van der Waals surface area contributed by atoms with Gasteiger partial charge in [-0.1, -0.05) is 11.6 Å². The third-order valence-electron chi connectivity index (χ3n) is 13.4. The number of likely N-dealkylation sites (tertiary alicyclic amines) is 2. The van der Waals surface area contributed by atoms with Crippen LogP contribution in [0.15, 0.2) is 61.3 Å². The van der Waals surface area contributed by atoms with Gasteiger partial charge < -0.3 is 30.2 Å². The molecule has 5 aliphatic rings. The number of anilines is 5. The molecule has 61 heavy (non-hydrogen) atoms. The van der Waals surface area contributed by atoms with Crippen molar-refractivity contribution < 1.29 is 19.2 Å². The Kier molecular flexibility index (Phi) is 11.6. The van der Waals surface area contributed by atoms with E-state index in [1.807, 2.05) is 38.9 Å². The average Bonchev–Trinajstić information content (AvgIpc) is 3.88. The van der Waals surface area contributed by atoms with Gasteiger partial charge in [0.1, 0.15) is 6.04 Å². The Morgan fingerprint density at radius 2 is 1.62 bits per heavy atom. The Hall–Kier alpha value is -5.61. The van der Waals surface area contributed by atoms with Crippen molar-refractivity contribution in [2.75, 3.05) is 73.3 Å². The number of carbonyl (C=O) groups excluding carboxylic acids is 4. The van der Waals surface area contributed by atoms with E-state index in [9.17, 15) is 19.2 Å². The normalized spacial score (nSPS) is 21.6. The van der Waals surface area contributed by atoms with Crippen LogP contribution < -0.4 is 25.8 Å². The highest BCUT2D eigenvalue weighted by atomic mass is 35.5. The molecule has 17 heteroatoms. The predicted octanol–water partition coefficient (Wildman–Crippen LogP) is 5.27. The molecule has 9 rings (SSSR count). The minimum absolute atomic E-state index is 0.0948. The zero-order chi connectivity index (χ0) is 42.1. The molecule has 0 aliphatic carbocycles. The lowest BCUT2D eigenvalue weighted by Gasteiger charge is -2.39. The van der Waals surface area contributed by atoms with Crippen molar-refractivity contribution in [2.24, 2.45) is 11.3 Å². The van der Waals surface area contributed by atoms with Gasteiger partial charge in [-0.25, -0.2) is 9.97 Å². The molecule has 16 nitrogen and oxygen atoms in total. The van der Waals surface area contributed by atoms with Crippen LogP contribution in [0.2, 0.25) is 5.02 Å². The van der Waals surface area contributed by atoms with Crippen LogP contribution in [0.1, 0.15) is 70.3 Å². The van der Waals surface area contributed by atoms with Crippen LogP contribution in [0.3, 0.4) is 0 Å². The zero-order valence-electron chi connectivity index (χ0n) is 34.6. The van der Waals surface area contributed by atoms with Crippen molar-refractivity contribution in [3.63, 3.8) is 0 Å². The minimum atomic E-state index is -0.481. The fourth-order valence-corrected chi connectivity index (χ4v) is 9.81. The summed E-state index contributed by atoms with van der Waals surface area (Å²) in [6.45, 7) is 5.59. The highest BCUT2D eigenvalue weighted by Gasteiger charge is 2.49. The molecule has 3 N–H and O–H groups in total. The van der Waals surface area contributed by atoms with Gasteiger partial charge in [-0.3, -0.25) is 34.2 Å². The first-order chi connectivity index (χ1) is 29.6. The van der Waals surface area contributed by atoms with Gasteiger partial charge in [-0.2, -0.15) is 5.10 Å². The van der Waals surface area contributed by atoms with E-state index < -0.39 is 11.5 Å². The summed E-state index contributed by atoms with van der Waals surface area (Å²) in [5, 5.41) is 14.0. The first-order valence-corrected chi connectivity index (χ1v) is 22.0. The summed E-state index contributed by atoms with van der Waals surface area (Å²) in [7, 11) is 2.14. The maximum atomic E-state index is 14.1. The van der Waals surface area contributed by atoms with E-state index in [2.05, 4.69) is 60.0 Å². The number of benzene rings is 1. The number of hydrogen-bond donors (Lipinski definition) is 3. The van der Waals surface area contributed by atoms with Gasteiger partial charge in [-0.15, -0.1) is 0 Å². The lowest BCUT2D eigenvalue weighted by atomic mass is 9.77. The van der Waals surface area contributed by atoms with Gasteiger partial charge in [-0.05, 0) is 108 Å². The van der Waals surface area contributed by atoms with Gasteiger partial charge in [0.2, 0.25) is 29.6 Å². The molecule has 5 saturated heterocycles. The summed E-state index contributed by atoms with van der Waals surface area (Å²) >= 11 is 6.58. The number of carbonyl (C=O) groups is 4. The Balaban J connectivity index is 0.745. The largest absolute Gasteiger partial charge is 0.374 e. The Labute approximate surface area is 360 Å². The third-order valence-corrected chi connectivity index (χ3v) is 13.7. The number of rotatable bonds is 10. The molecule has 3 aromatic heterocycles. The molecule has 0 radical (unpaired) electrons. The van der Waals surface area contributed by atoms with Gasteiger partial charge in [0.05, 0.1) is 58.3 Å². The van der Waals surface area contributed by atoms with Crippen LogP contribution >= 0.6 is 11.6 Å². The fourth-order valence-electron chi connectivity index (χ4n) is 9.61. The number of hydrogen-bond acceptors (Lipinski definition) is 12. The van der Waals surface area contributed by atoms with Gasteiger partial charge >= 0.3 is 0 Å². The molecule has 4 aromatic rings. The summed E-state index contributed by atoms with van der Waals surface area (Å²) in [6.07, 6.45) is 16.2. The minimum Gasteiger partial charge on any atom is -0.374 e. The molecule has 4 amide bonds. The first kappa shape index (κ1) is 40.8. The summed E-state index contributed by atoms with van der Waals surface area (Å²) in [5.41, 5.74) is 4.26. The van der Waals surface area contributed by atoms with E-state index in [1.165, 1.54) is 0 Å². The SMILES string of the molecule is CN1CCC(n2cc(-c3nc(Nc4cncc(N5CCC6(CCN(C(=O)CC7CCN(c8ccc(NC9CCC(=O)NC9=O)cc8)CC7)CC6)C5=O)c4)ncc3Cl)cn2)CC1. The Morgan fingerprint density at radius 3 is 2.38 bits per heavy atom. The number of amides is 4. The van der Waals surface area contributed by atoms with Gasteiger partial charge in [0, 0.05) is 68.7 Å². The van der Waals surface area contributed by atoms with Crippen molar-refractivity contribution >= 4 is 63.9 Å². The molecule has 1 spiro atoms.